The lowest BCUT2D eigenvalue weighted by Gasteiger charge is -2.16. The Morgan fingerprint density at radius 3 is 1.64 bits per heavy atom. The molecule has 1 rings (SSSR count). The first kappa shape index (κ1) is 36.0. The molecule has 42 heavy (non-hydrogen) atoms. The van der Waals surface area contributed by atoms with E-state index in [-0.39, 0.29) is 23.7 Å². The van der Waals surface area contributed by atoms with E-state index in [1.165, 1.54) is 76.1 Å². The van der Waals surface area contributed by atoms with Gasteiger partial charge in [-0.15, -0.1) is 0 Å². The molecule has 0 aliphatic heterocycles. The fraction of sp³-hybridized carbons (Fsp3) is 0.621. The van der Waals surface area contributed by atoms with Crippen LogP contribution in [0.4, 0.5) is 5.69 Å². The fourth-order valence-corrected chi connectivity index (χ4v) is 4.01. The van der Waals surface area contributed by atoms with Crippen molar-refractivity contribution in [2.24, 2.45) is 0 Å². The van der Waals surface area contributed by atoms with Gasteiger partial charge in [-0.1, -0.05) is 64.7 Å². The minimum Gasteiger partial charge on any atom is -0.354 e. The van der Waals surface area contributed by atoms with Gasteiger partial charge < -0.3 is 26.6 Å². The number of hydrogen-bond donors (Lipinski definition) is 5. The highest BCUT2D eigenvalue weighted by atomic mass is 16.6. The van der Waals surface area contributed by atoms with Crippen LogP contribution in [0.3, 0.4) is 0 Å². The lowest BCUT2D eigenvalue weighted by Crippen LogP contribution is -2.51. The summed E-state index contributed by atoms with van der Waals surface area (Å²) in [5.74, 6) is -2.75. The average Bonchev–Trinajstić information content (AvgIpc) is 2.97. The maximum absolute atomic E-state index is 12.2. The van der Waals surface area contributed by atoms with Gasteiger partial charge in [0, 0.05) is 24.2 Å². The number of unbranched alkanes of at least 4 members (excludes halogenated alkanes) is 9. The number of nitro benzene ring substituents is 1. The zero-order valence-corrected chi connectivity index (χ0v) is 25.0. The molecule has 0 aliphatic rings. The van der Waals surface area contributed by atoms with Crippen LogP contribution in [0, 0.1) is 10.1 Å². The molecule has 0 spiro atoms. The van der Waals surface area contributed by atoms with Crippen molar-refractivity contribution in [1.29, 1.82) is 0 Å². The molecule has 1 aromatic carbocycles. The van der Waals surface area contributed by atoms with Crippen molar-refractivity contribution in [2.45, 2.75) is 97.1 Å². The first-order valence-electron chi connectivity index (χ1n) is 14.7. The molecule has 0 saturated heterocycles. The number of non-ortho nitro benzene ring substituents is 1. The van der Waals surface area contributed by atoms with E-state index in [0.29, 0.717) is 6.54 Å². The third-order valence-corrected chi connectivity index (χ3v) is 6.54. The van der Waals surface area contributed by atoms with Crippen molar-refractivity contribution >= 4 is 35.2 Å². The van der Waals surface area contributed by atoms with Crippen LogP contribution in [0.15, 0.2) is 24.3 Å². The van der Waals surface area contributed by atoms with E-state index in [4.69, 9.17) is 0 Å². The highest BCUT2D eigenvalue weighted by molar-refractivity contribution is 5.97. The van der Waals surface area contributed by atoms with E-state index in [1.54, 1.807) is 6.92 Å². The molecule has 0 unspecified atom stereocenters. The van der Waals surface area contributed by atoms with E-state index >= 15 is 0 Å². The number of carbonyl (C=O) groups excluding carboxylic acids is 5. The summed E-state index contributed by atoms with van der Waals surface area (Å²) in [6.07, 6.45) is 12.0. The number of nitro groups is 1. The first-order valence-corrected chi connectivity index (χ1v) is 14.7. The van der Waals surface area contributed by atoms with Crippen LogP contribution in [-0.4, -0.2) is 66.2 Å². The lowest BCUT2D eigenvalue weighted by molar-refractivity contribution is -0.384. The van der Waals surface area contributed by atoms with Crippen LogP contribution in [0.2, 0.25) is 0 Å². The van der Waals surface area contributed by atoms with Gasteiger partial charge in [0.2, 0.25) is 23.6 Å². The molecule has 0 aromatic heterocycles. The Kier molecular flexibility index (Phi) is 17.8. The van der Waals surface area contributed by atoms with Crippen LogP contribution in [0.5, 0.6) is 0 Å². The summed E-state index contributed by atoms with van der Waals surface area (Å²) >= 11 is 0. The van der Waals surface area contributed by atoms with Crippen molar-refractivity contribution in [3.05, 3.63) is 39.9 Å². The van der Waals surface area contributed by atoms with Gasteiger partial charge in [-0.3, -0.25) is 34.1 Å². The molecule has 0 radical (unpaired) electrons. The number of nitrogens with one attached hydrogen (secondary N) is 5. The average molecular weight is 591 g/mol. The topological polar surface area (TPSA) is 189 Å². The fourth-order valence-electron chi connectivity index (χ4n) is 4.01. The Balaban J connectivity index is 2.19. The number of hydrogen-bond acceptors (Lipinski definition) is 7. The molecule has 0 aliphatic carbocycles. The molecule has 2 atom stereocenters. The number of benzene rings is 1. The second kappa shape index (κ2) is 20.8. The normalized spacial score (nSPS) is 12.0. The summed E-state index contributed by atoms with van der Waals surface area (Å²) in [4.78, 5) is 70.9. The Morgan fingerprint density at radius 2 is 1.14 bits per heavy atom. The molecule has 0 heterocycles. The summed E-state index contributed by atoms with van der Waals surface area (Å²) in [7, 11) is 0. The second-order valence-electron chi connectivity index (χ2n) is 10.3. The minimum atomic E-state index is -0.997. The monoisotopic (exact) mass is 590 g/mol. The quantitative estimate of drug-likeness (QED) is 0.0826. The Morgan fingerprint density at radius 1 is 0.690 bits per heavy atom. The number of nitrogens with zero attached hydrogens (tertiary/aromatic N) is 1. The van der Waals surface area contributed by atoms with Crippen molar-refractivity contribution in [3.8, 4) is 0 Å². The molecule has 13 heteroatoms. The van der Waals surface area contributed by atoms with Gasteiger partial charge in [-0.05, 0) is 32.4 Å². The Bertz CT molecular complexity index is 1030. The summed E-state index contributed by atoms with van der Waals surface area (Å²) in [5, 5.41) is 23.2. The third kappa shape index (κ3) is 15.7. The third-order valence-electron chi connectivity index (χ3n) is 6.54. The summed E-state index contributed by atoms with van der Waals surface area (Å²) in [6, 6.07) is 3.09. The molecule has 5 amide bonds. The van der Waals surface area contributed by atoms with Gasteiger partial charge in [0.25, 0.3) is 11.6 Å². The van der Waals surface area contributed by atoms with Crippen LogP contribution >= 0.6 is 0 Å². The Hall–Kier alpha value is -4.03. The number of amides is 5. The van der Waals surface area contributed by atoms with E-state index in [9.17, 15) is 34.1 Å². The molecular formula is C29H46N6O7. The highest BCUT2D eigenvalue weighted by Gasteiger charge is 2.19. The van der Waals surface area contributed by atoms with Crippen LogP contribution in [0.1, 0.15) is 95.3 Å². The van der Waals surface area contributed by atoms with Crippen LogP contribution < -0.4 is 26.6 Å². The minimum absolute atomic E-state index is 0.131. The SMILES string of the molecule is CCCCCCCCCCCCNC(=O)[C@H](C)NC(=O)CNC(=O)[C@H](C)NC(=O)CNC(=O)c1ccc([N+](=O)[O-])cc1. The smallest absolute Gasteiger partial charge is 0.269 e. The standard InChI is InChI=1S/C29H46N6O7/c1-4-5-6-7-8-9-10-11-12-13-18-30-27(38)21(2)33-25(36)19-31-28(39)22(3)34-26(37)20-32-29(40)23-14-16-24(17-15-23)35(41)42/h14-17,21-22H,4-13,18-20H2,1-3H3,(H,30,38)(H,31,39)(H,32,40)(H,33,36)(H,34,37)/t21-,22-/m0/s1. The van der Waals surface area contributed by atoms with E-state index in [2.05, 4.69) is 33.5 Å². The molecule has 0 saturated carbocycles. The van der Waals surface area contributed by atoms with Gasteiger partial charge in [0.1, 0.15) is 12.1 Å². The van der Waals surface area contributed by atoms with Crippen molar-refractivity contribution in [2.75, 3.05) is 19.6 Å². The molecule has 0 bridgehead atoms. The van der Waals surface area contributed by atoms with Crippen molar-refractivity contribution < 1.29 is 28.9 Å². The van der Waals surface area contributed by atoms with Crippen LogP contribution in [0.25, 0.3) is 0 Å². The predicted octanol–water partition coefficient (Wildman–Crippen LogP) is 2.49. The number of rotatable bonds is 21. The van der Waals surface area contributed by atoms with Gasteiger partial charge in [-0.2, -0.15) is 0 Å². The maximum Gasteiger partial charge on any atom is 0.269 e. The zero-order chi connectivity index (χ0) is 31.3. The van der Waals surface area contributed by atoms with E-state index in [0.717, 1.165) is 19.3 Å². The van der Waals surface area contributed by atoms with Gasteiger partial charge in [-0.25, -0.2) is 0 Å². The van der Waals surface area contributed by atoms with Crippen LogP contribution in [-0.2, 0) is 19.2 Å². The van der Waals surface area contributed by atoms with E-state index in [1.807, 2.05) is 0 Å². The summed E-state index contributed by atoms with van der Waals surface area (Å²) in [5.41, 5.74) is -0.0398. The van der Waals surface area contributed by atoms with Gasteiger partial charge in [0.05, 0.1) is 18.0 Å². The molecular weight excluding hydrogens is 544 g/mol. The zero-order valence-electron chi connectivity index (χ0n) is 25.0. The maximum atomic E-state index is 12.2. The molecule has 0 fully saturated rings. The van der Waals surface area contributed by atoms with Crippen molar-refractivity contribution in [3.63, 3.8) is 0 Å². The predicted molar refractivity (Wildman–Crippen MR) is 159 cm³/mol. The summed E-state index contributed by atoms with van der Waals surface area (Å²) in [6.45, 7) is 4.90. The lowest BCUT2D eigenvalue weighted by atomic mass is 10.1. The number of carbonyl (C=O) groups is 5. The van der Waals surface area contributed by atoms with E-state index < -0.39 is 47.2 Å². The van der Waals surface area contributed by atoms with Gasteiger partial charge >= 0.3 is 0 Å². The molecule has 5 N–H and O–H groups in total. The second-order valence-corrected chi connectivity index (χ2v) is 10.3. The largest absolute Gasteiger partial charge is 0.354 e. The molecule has 13 nitrogen and oxygen atoms in total. The Labute approximate surface area is 247 Å². The summed E-state index contributed by atoms with van der Waals surface area (Å²) < 4.78 is 0. The van der Waals surface area contributed by atoms with Crippen molar-refractivity contribution in [1.82, 2.24) is 26.6 Å². The molecule has 234 valence electrons. The van der Waals surface area contributed by atoms with Gasteiger partial charge in [0.15, 0.2) is 0 Å². The molecule has 1 aromatic rings. The first-order chi connectivity index (χ1) is 20.0. The highest BCUT2D eigenvalue weighted by Crippen LogP contribution is 2.12.